The predicted octanol–water partition coefficient (Wildman–Crippen LogP) is 2.20. The fourth-order valence-corrected chi connectivity index (χ4v) is 2.50. The fraction of sp³-hybridized carbons (Fsp3) is 0.529. The van der Waals surface area contributed by atoms with Gasteiger partial charge in [0.15, 0.2) is 5.96 Å². The molecule has 128 valence electrons. The lowest BCUT2D eigenvalue weighted by Gasteiger charge is -2.13. The van der Waals surface area contributed by atoms with Crippen LogP contribution in [-0.2, 0) is 6.54 Å². The Morgan fingerprint density at radius 3 is 2.43 bits per heavy atom. The van der Waals surface area contributed by atoms with Crippen molar-refractivity contribution in [1.82, 2.24) is 15.5 Å². The zero-order valence-electron chi connectivity index (χ0n) is 14.6. The number of thioether (sulfide) groups is 1. The van der Waals surface area contributed by atoms with Crippen LogP contribution in [0.25, 0.3) is 0 Å². The second-order valence-electron chi connectivity index (χ2n) is 5.45. The Hall–Kier alpha value is -1.69. The van der Waals surface area contributed by atoms with Crippen molar-refractivity contribution in [3.63, 3.8) is 0 Å². The van der Waals surface area contributed by atoms with Crippen LogP contribution in [0.5, 0.6) is 0 Å². The van der Waals surface area contributed by atoms with E-state index in [0.29, 0.717) is 12.1 Å². The number of nitrogens with one attached hydrogen (secondary N) is 2. The molecule has 0 bridgehead atoms. The van der Waals surface area contributed by atoms with E-state index in [1.807, 2.05) is 36.0 Å². The van der Waals surface area contributed by atoms with E-state index in [1.165, 1.54) is 12.2 Å². The van der Waals surface area contributed by atoms with Crippen LogP contribution in [0.2, 0.25) is 0 Å². The Labute approximate surface area is 143 Å². The van der Waals surface area contributed by atoms with Gasteiger partial charge in [0.05, 0.1) is 0 Å². The van der Waals surface area contributed by atoms with Crippen molar-refractivity contribution in [1.29, 1.82) is 0 Å². The summed E-state index contributed by atoms with van der Waals surface area (Å²) in [6.45, 7) is 1.61. The number of guanidine groups is 1. The van der Waals surface area contributed by atoms with E-state index in [1.54, 1.807) is 26.0 Å². The topological polar surface area (TPSA) is 56.7 Å². The van der Waals surface area contributed by atoms with Crippen molar-refractivity contribution in [3.05, 3.63) is 35.4 Å². The van der Waals surface area contributed by atoms with Crippen LogP contribution in [0.1, 0.15) is 28.8 Å². The zero-order chi connectivity index (χ0) is 17.1. The minimum absolute atomic E-state index is 0.0206. The molecule has 0 aliphatic rings. The maximum absolute atomic E-state index is 11.8. The van der Waals surface area contributed by atoms with Crippen LogP contribution in [0.3, 0.4) is 0 Å². The third-order valence-corrected chi connectivity index (χ3v) is 4.06. The van der Waals surface area contributed by atoms with Gasteiger partial charge in [-0.3, -0.25) is 9.79 Å². The number of nitrogens with zero attached hydrogens (tertiary/aromatic N) is 2. The number of benzene rings is 1. The van der Waals surface area contributed by atoms with E-state index in [0.717, 1.165) is 24.5 Å². The quantitative estimate of drug-likeness (QED) is 0.434. The average molecular weight is 337 g/mol. The van der Waals surface area contributed by atoms with E-state index in [2.05, 4.69) is 21.9 Å². The Balaban J connectivity index is 2.39. The summed E-state index contributed by atoms with van der Waals surface area (Å²) < 4.78 is 0. The lowest BCUT2D eigenvalue weighted by molar-refractivity contribution is 0.0827. The molecule has 2 N–H and O–H groups in total. The number of hydrogen-bond donors (Lipinski definition) is 2. The summed E-state index contributed by atoms with van der Waals surface area (Å²) in [5.41, 5.74) is 1.82. The van der Waals surface area contributed by atoms with Gasteiger partial charge in [-0.2, -0.15) is 11.8 Å². The Morgan fingerprint density at radius 2 is 1.87 bits per heavy atom. The van der Waals surface area contributed by atoms with Crippen molar-refractivity contribution >= 4 is 23.6 Å². The molecule has 23 heavy (non-hydrogen) atoms. The number of rotatable bonds is 8. The maximum atomic E-state index is 11.8. The van der Waals surface area contributed by atoms with Crippen LogP contribution in [0, 0.1) is 0 Å². The van der Waals surface area contributed by atoms with Gasteiger partial charge in [0.1, 0.15) is 0 Å². The van der Waals surface area contributed by atoms with Gasteiger partial charge in [0, 0.05) is 39.8 Å². The van der Waals surface area contributed by atoms with Crippen LogP contribution in [-0.4, -0.2) is 56.5 Å². The van der Waals surface area contributed by atoms with E-state index in [4.69, 9.17) is 0 Å². The summed E-state index contributed by atoms with van der Waals surface area (Å²) in [5, 5.41) is 6.60. The molecule has 0 heterocycles. The van der Waals surface area contributed by atoms with Crippen LogP contribution in [0.15, 0.2) is 29.3 Å². The molecule has 0 saturated carbocycles. The monoisotopic (exact) mass is 336 g/mol. The van der Waals surface area contributed by atoms with Crippen molar-refractivity contribution in [2.24, 2.45) is 4.99 Å². The summed E-state index contributed by atoms with van der Waals surface area (Å²) >= 11 is 1.88. The standard InChI is InChI=1S/C17H28N4OS/c1-18-17(19-11-5-6-12-23-4)20-13-14-7-9-15(10-8-14)16(22)21(2)3/h7-10H,5-6,11-13H2,1-4H3,(H2,18,19,20). The van der Waals surface area contributed by atoms with E-state index < -0.39 is 0 Å². The third kappa shape index (κ3) is 7.41. The second-order valence-corrected chi connectivity index (χ2v) is 6.43. The first-order chi connectivity index (χ1) is 11.1. The molecule has 6 heteroatoms. The number of unbranched alkanes of at least 4 members (excludes halogenated alkanes) is 1. The summed E-state index contributed by atoms with van der Waals surface area (Å²) in [4.78, 5) is 17.6. The molecule has 5 nitrogen and oxygen atoms in total. The summed E-state index contributed by atoms with van der Waals surface area (Å²) in [6, 6.07) is 7.65. The number of carbonyl (C=O) groups excluding carboxylic acids is 1. The van der Waals surface area contributed by atoms with Gasteiger partial charge in [-0.1, -0.05) is 12.1 Å². The van der Waals surface area contributed by atoms with Gasteiger partial charge >= 0.3 is 0 Å². The van der Waals surface area contributed by atoms with Gasteiger partial charge in [0.25, 0.3) is 5.91 Å². The fourth-order valence-electron chi connectivity index (χ4n) is 2.01. The molecule has 1 amide bonds. The average Bonchev–Trinajstić information content (AvgIpc) is 2.57. The first kappa shape index (κ1) is 19.4. The Kier molecular flexibility index (Phi) is 9.21. The van der Waals surface area contributed by atoms with Gasteiger partial charge < -0.3 is 15.5 Å². The maximum Gasteiger partial charge on any atom is 0.253 e. The molecule has 0 fully saturated rings. The third-order valence-electron chi connectivity index (χ3n) is 3.36. The van der Waals surface area contributed by atoms with Crippen molar-refractivity contribution in [2.45, 2.75) is 19.4 Å². The van der Waals surface area contributed by atoms with Crippen LogP contribution < -0.4 is 10.6 Å². The molecule has 0 unspecified atom stereocenters. The predicted molar refractivity (Wildman–Crippen MR) is 100 cm³/mol. The summed E-state index contributed by atoms with van der Waals surface area (Å²) in [6.07, 6.45) is 4.49. The normalized spacial score (nSPS) is 11.2. The van der Waals surface area contributed by atoms with E-state index in [-0.39, 0.29) is 5.91 Å². The minimum atomic E-state index is 0.0206. The molecular weight excluding hydrogens is 308 g/mol. The van der Waals surface area contributed by atoms with E-state index >= 15 is 0 Å². The molecule has 1 aromatic carbocycles. The largest absolute Gasteiger partial charge is 0.356 e. The molecule has 1 aromatic rings. The smallest absolute Gasteiger partial charge is 0.253 e. The highest BCUT2D eigenvalue weighted by Crippen LogP contribution is 2.06. The summed E-state index contributed by atoms with van der Waals surface area (Å²) in [5.74, 6) is 2.03. The Bertz CT molecular complexity index is 500. The minimum Gasteiger partial charge on any atom is -0.356 e. The first-order valence-corrected chi connectivity index (χ1v) is 9.22. The number of aliphatic imine (C=N–C) groups is 1. The highest BCUT2D eigenvalue weighted by Gasteiger charge is 2.07. The highest BCUT2D eigenvalue weighted by molar-refractivity contribution is 7.98. The zero-order valence-corrected chi connectivity index (χ0v) is 15.4. The number of hydrogen-bond acceptors (Lipinski definition) is 3. The molecule has 0 aliphatic heterocycles. The molecule has 0 spiro atoms. The van der Waals surface area contributed by atoms with Crippen molar-refractivity contribution < 1.29 is 4.79 Å². The molecule has 0 saturated heterocycles. The van der Waals surface area contributed by atoms with E-state index in [9.17, 15) is 4.79 Å². The van der Waals surface area contributed by atoms with Crippen molar-refractivity contribution in [3.8, 4) is 0 Å². The highest BCUT2D eigenvalue weighted by atomic mass is 32.2. The summed E-state index contributed by atoms with van der Waals surface area (Å²) in [7, 11) is 5.29. The molecule has 0 atom stereocenters. The first-order valence-electron chi connectivity index (χ1n) is 7.82. The lowest BCUT2D eigenvalue weighted by atomic mass is 10.1. The van der Waals surface area contributed by atoms with Crippen molar-refractivity contribution in [2.75, 3.05) is 39.7 Å². The molecular formula is C17H28N4OS. The SMILES string of the molecule is CN=C(NCCCCSC)NCc1ccc(C(=O)N(C)C)cc1. The lowest BCUT2D eigenvalue weighted by Crippen LogP contribution is -2.37. The molecule has 0 radical (unpaired) electrons. The van der Waals surface area contributed by atoms with Gasteiger partial charge in [-0.05, 0) is 42.5 Å². The molecule has 0 aliphatic carbocycles. The number of carbonyl (C=O) groups is 1. The molecule has 0 aromatic heterocycles. The van der Waals surface area contributed by atoms with Gasteiger partial charge in [0.2, 0.25) is 0 Å². The molecule has 1 rings (SSSR count). The van der Waals surface area contributed by atoms with Crippen LogP contribution in [0.4, 0.5) is 0 Å². The second kappa shape index (κ2) is 10.9. The van der Waals surface area contributed by atoms with Gasteiger partial charge in [-0.15, -0.1) is 0 Å². The van der Waals surface area contributed by atoms with Gasteiger partial charge in [-0.25, -0.2) is 0 Å². The Morgan fingerprint density at radius 1 is 1.17 bits per heavy atom. The number of amides is 1. The van der Waals surface area contributed by atoms with Crippen LogP contribution >= 0.6 is 11.8 Å².